The molecule has 3 heterocycles. The van der Waals surface area contributed by atoms with Crippen molar-refractivity contribution in [3.63, 3.8) is 0 Å². The highest BCUT2D eigenvalue weighted by Crippen LogP contribution is 2.39. The smallest absolute Gasteiger partial charge is 0.167 e. The van der Waals surface area contributed by atoms with Crippen LogP contribution in [0.2, 0.25) is 0 Å². The maximum Gasteiger partial charge on any atom is 0.167 e. The van der Waals surface area contributed by atoms with Crippen molar-refractivity contribution in [3.8, 4) is 5.75 Å². The van der Waals surface area contributed by atoms with Gasteiger partial charge in [0.2, 0.25) is 0 Å². The fraction of sp³-hybridized carbons (Fsp3) is 0.381. The van der Waals surface area contributed by atoms with Gasteiger partial charge in [0.25, 0.3) is 0 Å². The van der Waals surface area contributed by atoms with Gasteiger partial charge >= 0.3 is 0 Å². The van der Waals surface area contributed by atoms with Crippen LogP contribution in [-0.2, 0) is 6.42 Å². The van der Waals surface area contributed by atoms with Crippen LogP contribution in [0.1, 0.15) is 29.7 Å². The molecule has 142 valence electrons. The SMILES string of the molecule is CNc1cc(Nc2cc3c(c(C4=CCNCCC4)c2)OCC3)nc(C)c1F. The van der Waals surface area contributed by atoms with Crippen LogP contribution in [0, 0.1) is 12.7 Å². The average Bonchev–Trinajstić information content (AvgIpc) is 2.96. The van der Waals surface area contributed by atoms with Crippen molar-refractivity contribution < 1.29 is 9.13 Å². The number of aryl methyl sites for hydroxylation is 1. The molecule has 3 N–H and O–H groups in total. The third-order valence-corrected chi connectivity index (χ3v) is 5.09. The summed E-state index contributed by atoms with van der Waals surface area (Å²) in [6.45, 7) is 4.31. The summed E-state index contributed by atoms with van der Waals surface area (Å²) in [5.74, 6) is 1.31. The van der Waals surface area contributed by atoms with Gasteiger partial charge in [-0.05, 0) is 44.0 Å². The Hall–Kier alpha value is -2.60. The van der Waals surface area contributed by atoms with Gasteiger partial charge in [-0.2, -0.15) is 0 Å². The highest BCUT2D eigenvalue weighted by molar-refractivity contribution is 5.77. The lowest BCUT2D eigenvalue weighted by Crippen LogP contribution is -2.12. The van der Waals surface area contributed by atoms with Crippen LogP contribution in [-0.4, -0.2) is 31.7 Å². The van der Waals surface area contributed by atoms with Crippen LogP contribution in [0.5, 0.6) is 5.75 Å². The molecule has 2 aliphatic heterocycles. The number of ether oxygens (including phenoxy) is 1. The quantitative estimate of drug-likeness (QED) is 0.761. The van der Waals surface area contributed by atoms with Crippen molar-refractivity contribution in [1.29, 1.82) is 0 Å². The molecule has 0 fully saturated rings. The van der Waals surface area contributed by atoms with Gasteiger partial charge in [0.1, 0.15) is 11.6 Å². The third-order valence-electron chi connectivity index (χ3n) is 5.09. The summed E-state index contributed by atoms with van der Waals surface area (Å²) >= 11 is 0. The van der Waals surface area contributed by atoms with E-state index in [-0.39, 0.29) is 5.82 Å². The number of rotatable bonds is 4. The molecular weight excluding hydrogens is 343 g/mol. The molecule has 6 heteroatoms. The topological polar surface area (TPSA) is 58.2 Å². The lowest BCUT2D eigenvalue weighted by Gasteiger charge is -2.15. The number of pyridine rings is 1. The van der Waals surface area contributed by atoms with E-state index in [4.69, 9.17) is 4.74 Å². The maximum atomic E-state index is 14.1. The molecule has 2 aliphatic rings. The van der Waals surface area contributed by atoms with Crippen molar-refractivity contribution >= 4 is 22.8 Å². The predicted molar refractivity (Wildman–Crippen MR) is 107 cm³/mol. The van der Waals surface area contributed by atoms with Crippen LogP contribution in [0.4, 0.5) is 21.6 Å². The second-order valence-corrected chi connectivity index (χ2v) is 6.98. The molecule has 0 saturated heterocycles. The first-order valence-electron chi connectivity index (χ1n) is 9.47. The molecule has 0 aliphatic carbocycles. The Balaban J connectivity index is 1.71. The van der Waals surface area contributed by atoms with Crippen LogP contribution >= 0.6 is 0 Å². The van der Waals surface area contributed by atoms with Crippen molar-refractivity contribution in [1.82, 2.24) is 10.3 Å². The maximum absolute atomic E-state index is 14.1. The zero-order valence-corrected chi connectivity index (χ0v) is 15.8. The lowest BCUT2D eigenvalue weighted by molar-refractivity contribution is 0.356. The first kappa shape index (κ1) is 17.8. The first-order valence-corrected chi connectivity index (χ1v) is 9.47. The second-order valence-electron chi connectivity index (χ2n) is 6.98. The number of allylic oxidation sites excluding steroid dienone is 1. The van der Waals surface area contributed by atoms with E-state index in [1.807, 2.05) is 0 Å². The molecule has 0 spiro atoms. The minimum absolute atomic E-state index is 0.317. The van der Waals surface area contributed by atoms with E-state index in [1.165, 1.54) is 11.1 Å². The summed E-state index contributed by atoms with van der Waals surface area (Å²) in [6, 6.07) is 5.93. The summed E-state index contributed by atoms with van der Waals surface area (Å²) in [6.07, 6.45) is 5.31. The fourth-order valence-electron chi connectivity index (χ4n) is 3.72. The Morgan fingerprint density at radius 2 is 2.11 bits per heavy atom. The lowest BCUT2D eigenvalue weighted by atomic mass is 9.97. The number of halogens is 1. The third kappa shape index (κ3) is 3.62. The zero-order chi connectivity index (χ0) is 18.8. The molecular formula is C21H25FN4O. The van der Waals surface area contributed by atoms with Gasteiger partial charge in [-0.25, -0.2) is 9.37 Å². The number of fused-ring (bicyclic) bond motifs is 1. The Morgan fingerprint density at radius 3 is 2.96 bits per heavy atom. The molecule has 27 heavy (non-hydrogen) atoms. The van der Waals surface area contributed by atoms with E-state index in [0.717, 1.165) is 56.0 Å². The molecule has 0 unspecified atom stereocenters. The summed E-state index contributed by atoms with van der Waals surface area (Å²) < 4.78 is 20.0. The van der Waals surface area contributed by atoms with Crippen molar-refractivity contribution in [2.24, 2.45) is 0 Å². The van der Waals surface area contributed by atoms with E-state index in [0.29, 0.717) is 17.2 Å². The number of hydrogen-bond donors (Lipinski definition) is 3. The van der Waals surface area contributed by atoms with E-state index >= 15 is 0 Å². The summed E-state index contributed by atoms with van der Waals surface area (Å²) in [4.78, 5) is 4.35. The second kappa shape index (κ2) is 7.56. The normalized spacial score (nSPS) is 16.2. The Labute approximate surface area is 159 Å². The minimum atomic E-state index is -0.317. The highest BCUT2D eigenvalue weighted by atomic mass is 19.1. The van der Waals surface area contributed by atoms with E-state index in [2.05, 4.69) is 39.1 Å². The van der Waals surface area contributed by atoms with Gasteiger partial charge in [-0.1, -0.05) is 6.08 Å². The Kier molecular flexibility index (Phi) is 4.99. The van der Waals surface area contributed by atoms with Crippen molar-refractivity contribution in [2.75, 3.05) is 37.4 Å². The molecule has 1 aromatic carbocycles. The number of nitrogens with zero attached hydrogens (tertiary/aromatic N) is 1. The zero-order valence-electron chi connectivity index (χ0n) is 15.8. The van der Waals surface area contributed by atoms with Gasteiger partial charge in [0.15, 0.2) is 5.82 Å². The van der Waals surface area contributed by atoms with E-state index in [9.17, 15) is 4.39 Å². The standard InChI is InChI=1S/C21H25FN4O/c1-13-20(22)18(23-2)12-19(25-13)26-16-10-15-6-9-27-21(15)17(11-16)14-4-3-7-24-8-5-14/h5,10-12,24H,3-4,6-9H2,1-2H3,(H2,23,25,26). The van der Waals surface area contributed by atoms with Gasteiger partial charge < -0.3 is 20.7 Å². The number of hydrogen-bond acceptors (Lipinski definition) is 5. The summed E-state index contributed by atoms with van der Waals surface area (Å²) in [5, 5.41) is 9.65. The molecule has 5 nitrogen and oxygen atoms in total. The number of nitrogens with one attached hydrogen (secondary N) is 3. The first-order chi connectivity index (χ1) is 13.2. The van der Waals surface area contributed by atoms with Gasteiger partial charge in [0, 0.05) is 42.9 Å². The van der Waals surface area contributed by atoms with Crippen molar-refractivity contribution in [3.05, 3.63) is 46.9 Å². The monoisotopic (exact) mass is 368 g/mol. The molecule has 0 amide bonds. The van der Waals surface area contributed by atoms with Crippen LogP contribution < -0.4 is 20.7 Å². The average molecular weight is 368 g/mol. The van der Waals surface area contributed by atoms with Crippen LogP contribution in [0.15, 0.2) is 24.3 Å². The number of benzene rings is 1. The van der Waals surface area contributed by atoms with E-state index in [1.54, 1.807) is 20.0 Å². The molecule has 0 bridgehead atoms. The van der Waals surface area contributed by atoms with Crippen LogP contribution in [0.25, 0.3) is 5.57 Å². The fourth-order valence-corrected chi connectivity index (χ4v) is 3.72. The predicted octanol–water partition coefficient (Wildman–Crippen LogP) is 4.02. The highest BCUT2D eigenvalue weighted by Gasteiger charge is 2.21. The van der Waals surface area contributed by atoms with Gasteiger partial charge in [-0.3, -0.25) is 0 Å². The molecule has 2 aromatic rings. The molecule has 0 atom stereocenters. The molecule has 0 radical (unpaired) electrons. The van der Waals surface area contributed by atoms with Crippen LogP contribution in [0.3, 0.4) is 0 Å². The largest absolute Gasteiger partial charge is 0.492 e. The van der Waals surface area contributed by atoms with Gasteiger partial charge in [0.05, 0.1) is 18.0 Å². The summed E-state index contributed by atoms with van der Waals surface area (Å²) in [7, 11) is 1.71. The Bertz CT molecular complexity index is 894. The molecule has 1 aromatic heterocycles. The van der Waals surface area contributed by atoms with Crippen molar-refractivity contribution in [2.45, 2.75) is 26.2 Å². The summed E-state index contributed by atoms with van der Waals surface area (Å²) in [5.41, 5.74) is 5.44. The molecule has 0 saturated carbocycles. The number of aromatic nitrogens is 1. The molecule has 4 rings (SSSR count). The van der Waals surface area contributed by atoms with E-state index < -0.39 is 0 Å². The number of anilines is 3. The van der Waals surface area contributed by atoms with Gasteiger partial charge in [-0.15, -0.1) is 0 Å². The minimum Gasteiger partial charge on any atom is -0.492 e. The Morgan fingerprint density at radius 1 is 1.22 bits per heavy atom.